The van der Waals surface area contributed by atoms with Gasteiger partial charge < -0.3 is 15.0 Å². The number of nitrogens with zero attached hydrogens (tertiary/aromatic N) is 1. The van der Waals surface area contributed by atoms with Crippen molar-refractivity contribution in [3.63, 3.8) is 0 Å². The van der Waals surface area contributed by atoms with Crippen molar-refractivity contribution in [2.75, 3.05) is 27.7 Å². The quantitative estimate of drug-likeness (QED) is 0.814. The number of fused-ring (bicyclic) bond motifs is 1. The minimum Gasteiger partial charge on any atom is -0.497 e. The Bertz CT molecular complexity index is 512. The molecule has 0 heterocycles. The van der Waals surface area contributed by atoms with Crippen LogP contribution in [0.4, 0.5) is 0 Å². The van der Waals surface area contributed by atoms with Crippen LogP contribution in [0.2, 0.25) is 0 Å². The summed E-state index contributed by atoms with van der Waals surface area (Å²) < 4.78 is 5.35. The summed E-state index contributed by atoms with van der Waals surface area (Å²) in [5.41, 5.74) is 1.31. The highest BCUT2D eigenvalue weighted by atomic mass is 16.5. The lowest BCUT2D eigenvalue weighted by Crippen LogP contribution is -2.50. The maximum atomic E-state index is 5.35. The zero-order chi connectivity index (χ0) is 14.8. The number of hydrogen-bond donors (Lipinski definition) is 1. The fourth-order valence-electron chi connectivity index (χ4n) is 3.66. The molecule has 2 aliphatic carbocycles. The van der Waals surface area contributed by atoms with Crippen LogP contribution in [-0.2, 0) is 0 Å². The lowest BCUT2D eigenvalue weighted by atomic mass is 9.71. The Hall–Kier alpha value is -1.32. The maximum Gasteiger partial charge on any atom is 0.119 e. The van der Waals surface area contributed by atoms with Crippen LogP contribution in [0.1, 0.15) is 24.4 Å². The van der Waals surface area contributed by atoms with Gasteiger partial charge in [0.05, 0.1) is 7.11 Å². The van der Waals surface area contributed by atoms with E-state index in [0.717, 1.165) is 24.1 Å². The SMILES string of the molecule is COc1cccc(C(CNC2CC3CC=CC32)N(C)C)c1. The zero-order valence-corrected chi connectivity index (χ0v) is 13.3. The average Bonchev–Trinajstić information content (AvgIpc) is 2.84. The van der Waals surface area contributed by atoms with Gasteiger partial charge in [0.15, 0.2) is 0 Å². The molecule has 0 aromatic heterocycles. The largest absolute Gasteiger partial charge is 0.497 e. The van der Waals surface area contributed by atoms with Gasteiger partial charge in [-0.25, -0.2) is 0 Å². The summed E-state index contributed by atoms with van der Waals surface area (Å²) in [6.07, 6.45) is 7.37. The highest BCUT2D eigenvalue weighted by Gasteiger charge is 2.40. The Kier molecular flexibility index (Phi) is 4.32. The van der Waals surface area contributed by atoms with Gasteiger partial charge in [0, 0.05) is 18.6 Å². The van der Waals surface area contributed by atoms with Crippen molar-refractivity contribution >= 4 is 0 Å². The average molecular weight is 286 g/mol. The van der Waals surface area contributed by atoms with Gasteiger partial charge in [0.1, 0.15) is 5.75 Å². The van der Waals surface area contributed by atoms with E-state index >= 15 is 0 Å². The summed E-state index contributed by atoms with van der Waals surface area (Å²) >= 11 is 0. The molecular formula is C18H26N2O. The minimum atomic E-state index is 0.379. The molecule has 1 aromatic carbocycles. The van der Waals surface area contributed by atoms with Crippen LogP contribution in [-0.4, -0.2) is 38.7 Å². The molecule has 0 aliphatic heterocycles. The van der Waals surface area contributed by atoms with Crippen molar-refractivity contribution in [1.29, 1.82) is 0 Å². The van der Waals surface area contributed by atoms with Gasteiger partial charge >= 0.3 is 0 Å². The molecule has 2 aliphatic rings. The van der Waals surface area contributed by atoms with Crippen molar-refractivity contribution in [3.05, 3.63) is 42.0 Å². The van der Waals surface area contributed by atoms with E-state index in [1.54, 1.807) is 7.11 Å². The van der Waals surface area contributed by atoms with Crippen molar-refractivity contribution in [1.82, 2.24) is 10.2 Å². The predicted molar refractivity (Wildman–Crippen MR) is 86.6 cm³/mol. The molecule has 3 nitrogen and oxygen atoms in total. The molecule has 0 radical (unpaired) electrons. The molecule has 114 valence electrons. The first-order valence-corrected chi connectivity index (χ1v) is 7.89. The third kappa shape index (κ3) is 2.99. The maximum absolute atomic E-state index is 5.35. The fraction of sp³-hybridized carbons (Fsp3) is 0.556. The van der Waals surface area contributed by atoms with Crippen molar-refractivity contribution < 1.29 is 4.74 Å². The van der Waals surface area contributed by atoms with Gasteiger partial charge in [-0.15, -0.1) is 0 Å². The molecule has 0 saturated heterocycles. The highest BCUT2D eigenvalue weighted by Crippen LogP contribution is 2.42. The number of rotatable bonds is 6. The second-order valence-electron chi connectivity index (χ2n) is 6.51. The zero-order valence-electron chi connectivity index (χ0n) is 13.3. The van der Waals surface area contributed by atoms with Crippen LogP contribution < -0.4 is 10.1 Å². The summed E-state index contributed by atoms with van der Waals surface area (Å²) in [4.78, 5) is 2.28. The van der Waals surface area contributed by atoms with Gasteiger partial charge in [-0.1, -0.05) is 24.3 Å². The van der Waals surface area contributed by atoms with E-state index in [2.05, 4.69) is 54.7 Å². The summed E-state index contributed by atoms with van der Waals surface area (Å²) in [5.74, 6) is 2.62. The normalized spacial score (nSPS) is 28.3. The van der Waals surface area contributed by atoms with E-state index in [1.807, 2.05) is 6.07 Å². The third-order valence-electron chi connectivity index (χ3n) is 5.04. The van der Waals surface area contributed by atoms with E-state index in [-0.39, 0.29) is 0 Å². The van der Waals surface area contributed by atoms with E-state index in [0.29, 0.717) is 12.1 Å². The Morgan fingerprint density at radius 2 is 2.24 bits per heavy atom. The first-order chi connectivity index (χ1) is 10.2. The molecule has 4 atom stereocenters. The lowest BCUT2D eigenvalue weighted by molar-refractivity contribution is 0.150. The molecule has 0 amide bonds. The molecule has 21 heavy (non-hydrogen) atoms. The summed E-state index contributed by atoms with van der Waals surface area (Å²) in [6.45, 7) is 0.988. The van der Waals surface area contributed by atoms with Gasteiger partial charge in [-0.05, 0) is 56.5 Å². The molecule has 3 heteroatoms. The Morgan fingerprint density at radius 1 is 1.38 bits per heavy atom. The Balaban J connectivity index is 1.63. The van der Waals surface area contributed by atoms with Crippen LogP contribution in [0.5, 0.6) is 5.75 Å². The summed E-state index contributed by atoms with van der Waals surface area (Å²) in [5, 5.41) is 3.77. The molecular weight excluding hydrogens is 260 g/mol. The van der Waals surface area contributed by atoms with E-state index < -0.39 is 0 Å². The topological polar surface area (TPSA) is 24.5 Å². The monoisotopic (exact) mass is 286 g/mol. The lowest BCUT2D eigenvalue weighted by Gasteiger charge is -2.42. The Morgan fingerprint density at radius 3 is 2.95 bits per heavy atom. The van der Waals surface area contributed by atoms with E-state index in [9.17, 15) is 0 Å². The summed E-state index contributed by atoms with van der Waals surface area (Å²) in [7, 11) is 6.01. The molecule has 4 unspecified atom stereocenters. The third-order valence-corrected chi connectivity index (χ3v) is 5.04. The first-order valence-electron chi connectivity index (χ1n) is 7.89. The van der Waals surface area contributed by atoms with Crippen LogP contribution in [0.3, 0.4) is 0 Å². The van der Waals surface area contributed by atoms with E-state index in [4.69, 9.17) is 4.74 Å². The second kappa shape index (κ2) is 6.20. The standard InChI is InChI=1S/C18H26N2O/c1-20(2)18(14-7-4-8-15(10-14)21-3)12-19-17-11-13-6-5-9-16(13)17/h4-5,7-10,13,16-19H,6,11-12H2,1-3H3. The van der Waals surface area contributed by atoms with Gasteiger partial charge in [-0.2, -0.15) is 0 Å². The number of methoxy groups -OCH3 is 1. The molecule has 1 N–H and O–H groups in total. The number of benzene rings is 1. The number of nitrogens with one attached hydrogen (secondary N) is 1. The number of ether oxygens (including phenoxy) is 1. The van der Waals surface area contributed by atoms with E-state index in [1.165, 1.54) is 18.4 Å². The number of allylic oxidation sites excluding steroid dienone is 1. The predicted octanol–water partition coefficient (Wildman–Crippen LogP) is 2.85. The van der Waals surface area contributed by atoms with Crippen LogP contribution in [0.25, 0.3) is 0 Å². The number of hydrogen-bond acceptors (Lipinski definition) is 3. The van der Waals surface area contributed by atoms with Crippen LogP contribution in [0.15, 0.2) is 36.4 Å². The summed E-state index contributed by atoms with van der Waals surface area (Å²) in [6, 6.07) is 9.46. The van der Waals surface area contributed by atoms with Crippen molar-refractivity contribution in [3.8, 4) is 5.75 Å². The molecule has 0 bridgehead atoms. The number of likely N-dealkylation sites (N-methyl/N-ethyl adjacent to an activating group) is 1. The van der Waals surface area contributed by atoms with Crippen molar-refractivity contribution in [2.24, 2.45) is 11.8 Å². The highest BCUT2D eigenvalue weighted by molar-refractivity contribution is 5.30. The van der Waals surface area contributed by atoms with Crippen molar-refractivity contribution in [2.45, 2.75) is 24.9 Å². The molecule has 1 fully saturated rings. The minimum absolute atomic E-state index is 0.379. The Labute approximate surface area is 128 Å². The molecule has 1 saturated carbocycles. The molecule has 0 spiro atoms. The molecule has 1 aromatic rings. The molecule has 3 rings (SSSR count). The van der Waals surface area contributed by atoms with Gasteiger partial charge in [0.2, 0.25) is 0 Å². The van der Waals surface area contributed by atoms with Crippen LogP contribution >= 0.6 is 0 Å². The second-order valence-corrected chi connectivity index (χ2v) is 6.51. The van der Waals surface area contributed by atoms with Gasteiger partial charge in [0.25, 0.3) is 0 Å². The smallest absolute Gasteiger partial charge is 0.119 e. The first kappa shape index (κ1) is 14.6. The van der Waals surface area contributed by atoms with Gasteiger partial charge in [-0.3, -0.25) is 0 Å². The van der Waals surface area contributed by atoms with Crippen LogP contribution in [0, 0.1) is 11.8 Å². The fourth-order valence-corrected chi connectivity index (χ4v) is 3.66.